The minimum atomic E-state index is -0.447. The van der Waals surface area contributed by atoms with E-state index in [1.165, 1.54) is 7.11 Å². The Kier molecular flexibility index (Phi) is 3.93. The predicted octanol–water partition coefficient (Wildman–Crippen LogP) is -0.382. The summed E-state index contributed by atoms with van der Waals surface area (Å²) in [4.78, 5) is 13.2. The van der Waals surface area contributed by atoms with Gasteiger partial charge in [-0.15, -0.1) is 12.3 Å². The first-order chi connectivity index (χ1) is 6.69. The largest absolute Gasteiger partial charge is 0.468 e. The monoisotopic (exact) mass is 197 g/mol. The number of terminal acetylenes is 1. The molecule has 1 saturated heterocycles. The van der Waals surface area contributed by atoms with Crippen molar-refractivity contribution in [3.8, 4) is 12.3 Å². The Balaban J connectivity index is 2.54. The van der Waals surface area contributed by atoms with E-state index in [1.807, 2.05) is 4.90 Å². The van der Waals surface area contributed by atoms with Crippen LogP contribution in [0.2, 0.25) is 0 Å². The van der Waals surface area contributed by atoms with Gasteiger partial charge in [0, 0.05) is 25.9 Å². The fraction of sp³-hybridized carbons (Fsp3) is 0.700. The SMILES string of the molecule is C#CCCN1CC(O)CC1C(=O)OC. The third kappa shape index (κ3) is 2.47. The number of aliphatic hydroxyl groups is 1. The Morgan fingerprint density at radius 3 is 3.07 bits per heavy atom. The Labute approximate surface area is 83.8 Å². The van der Waals surface area contributed by atoms with Crippen LogP contribution in [-0.2, 0) is 9.53 Å². The fourth-order valence-electron chi connectivity index (χ4n) is 1.72. The molecule has 0 saturated carbocycles. The molecule has 0 spiro atoms. The summed E-state index contributed by atoms with van der Waals surface area (Å²) in [5, 5.41) is 9.41. The van der Waals surface area contributed by atoms with Crippen LogP contribution in [-0.4, -0.2) is 48.3 Å². The molecule has 4 heteroatoms. The normalized spacial score (nSPS) is 27.2. The van der Waals surface area contributed by atoms with Gasteiger partial charge in [-0.25, -0.2) is 0 Å². The zero-order chi connectivity index (χ0) is 10.6. The van der Waals surface area contributed by atoms with Gasteiger partial charge < -0.3 is 9.84 Å². The van der Waals surface area contributed by atoms with E-state index < -0.39 is 6.10 Å². The highest BCUT2D eigenvalue weighted by atomic mass is 16.5. The average molecular weight is 197 g/mol. The first-order valence-corrected chi connectivity index (χ1v) is 4.62. The lowest BCUT2D eigenvalue weighted by Gasteiger charge is -2.20. The van der Waals surface area contributed by atoms with Crippen molar-refractivity contribution in [1.29, 1.82) is 0 Å². The van der Waals surface area contributed by atoms with Crippen LogP contribution in [0.25, 0.3) is 0 Å². The minimum Gasteiger partial charge on any atom is -0.468 e. The Morgan fingerprint density at radius 1 is 1.79 bits per heavy atom. The van der Waals surface area contributed by atoms with Gasteiger partial charge in [0.15, 0.2) is 0 Å². The lowest BCUT2D eigenvalue weighted by molar-refractivity contribution is -0.145. The number of carbonyl (C=O) groups is 1. The van der Waals surface area contributed by atoms with Crippen molar-refractivity contribution in [2.24, 2.45) is 0 Å². The topological polar surface area (TPSA) is 49.8 Å². The van der Waals surface area contributed by atoms with Crippen molar-refractivity contribution in [3.05, 3.63) is 0 Å². The second-order valence-corrected chi connectivity index (χ2v) is 3.38. The van der Waals surface area contributed by atoms with Crippen LogP contribution in [0.1, 0.15) is 12.8 Å². The van der Waals surface area contributed by atoms with E-state index in [0.717, 1.165) is 0 Å². The molecule has 0 bridgehead atoms. The maximum atomic E-state index is 11.3. The van der Waals surface area contributed by atoms with Crippen LogP contribution in [0, 0.1) is 12.3 Å². The smallest absolute Gasteiger partial charge is 0.323 e. The van der Waals surface area contributed by atoms with Crippen LogP contribution < -0.4 is 0 Å². The van der Waals surface area contributed by atoms with E-state index in [-0.39, 0.29) is 12.0 Å². The fourth-order valence-corrected chi connectivity index (χ4v) is 1.72. The first-order valence-electron chi connectivity index (χ1n) is 4.62. The molecule has 2 unspecified atom stereocenters. The molecule has 0 aromatic heterocycles. The van der Waals surface area contributed by atoms with E-state index in [9.17, 15) is 9.90 Å². The molecule has 0 radical (unpaired) electrons. The summed E-state index contributed by atoms with van der Waals surface area (Å²) in [7, 11) is 1.35. The van der Waals surface area contributed by atoms with E-state index in [2.05, 4.69) is 10.7 Å². The summed E-state index contributed by atoms with van der Waals surface area (Å²) in [6.45, 7) is 1.13. The molecule has 1 aliphatic heterocycles. The standard InChI is InChI=1S/C10H15NO3/c1-3-4-5-11-7-8(12)6-9(11)10(13)14-2/h1,8-9,12H,4-7H2,2H3. The number of rotatable bonds is 3. The van der Waals surface area contributed by atoms with Gasteiger partial charge >= 0.3 is 5.97 Å². The Hall–Kier alpha value is -1.05. The number of hydrogen-bond donors (Lipinski definition) is 1. The molecule has 1 fully saturated rings. The van der Waals surface area contributed by atoms with Gasteiger partial charge in [0.2, 0.25) is 0 Å². The number of esters is 1. The third-order valence-electron chi connectivity index (χ3n) is 2.40. The van der Waals surface area contributed by atoms with Gasteiger partial charge in [0.25, 0.3) is 0 Å². The van der Waals surface area contributed by atoms with Crippen LogP contribution in [0.4, 0.5) is 0 Å². The molecular weight excluding hydrogens is 182 g/mol. The second kappa shape index (κ2) is 4.99. The summed E-state index contributed by atoms with van der Waals surface area (Å²) in [5.41, 5.74) is 0. The predicted molar refractivity (Wildman–Crippen MR) is 51.5 cm³/mol. The van der Waals surface area contributed by atoms with Crippen molar-refractivity contribution in [1.82, 2.24) is 4.90 Å². The zero-order valence-electron chi connectivity index (χ0n) is 8.27. The molecule has 0 aromatic carbocycles. The molecule has 14 heavy (non-hydrogen) atoms. The number of nitrogens with zero attached hydrogens (tertiary/aromatic N) is 1. The number of methoxy groups -OCH3 is 1. The molecule has 1 rings (SSSR count). The lowest BCUT2D eigenvalue weighted by atomic mass is 10.2. The summed E-state index contributed by atoms with van der Waals surface area (Å²) < 4.78 is 4.65. The quantitative estimate of drug-likeness (QED) is 0.495. The number of aliphatic hydroxyl groups excluding tert-OH is 1. The van der Waals surface area contributed by atoms with Crippen LogP contribution in [0.3, 0.4) is 0 Å². The average Bonchev–Trinajstić information content (AvgIpc) is 2.55. The Morgan fingerprint density at radius 2 is 2.50 bits per heavy atom. The molecule has 0 aromatic rings. The van der Waals surface area contributed by atoms with Gasteiger partial charge in [0.1, 0.15) is 6.04 Å². The zero-order valence-corrected chi connectivity index (χ0v) is 8.27. The molecule has 0 aliphatic carbocycles. The highest BCUT2D eigenvalue weighted by Crippen LogP contribution is 2.18. The highest BCUT2D eigenvalue weighted by Gasteiger charge is 2.35. The summed E-state index contributed by atoms with van der Waals surface area (Å²) in [5.74, 6) is 2.22. The highest BCUT2D eigenvalue weighted by molar-refractivity contribution is 5.76. The molecule has 4 nitrogen and oxygen atoms in total. The minimum absolute atomic E-state index is 0.293. The van der Waals surface area contributed by atoms with E-state index in [0.29, 0.717) is 25.9 Å². The van der Waals surface area contributed by atoms with E-state index in [4.69, 9.17) is 6.42 Å². The maximum Gasteiger partial charge on any atom is 0.323 e. The van der Waals surface area contributed by atoms with Crippen molar-refractivity contribution < 1.29 is 14.6 Å². The molecule has 1 N–H and O–H groups in total. The van der Waals surface area contributed by atoms with E-state index >= 15 is 0 Å². The van der Waals surface area contributed by atoms with E-state index in [1.54, 1.807) is 0 Å². The molecule has 0 amide bonds. The first kappa shape index (κ1) is 11.0. The number of β-amino-alcohol motifs (C(OH)–C–C–N with tert-alkyl or cyclic N) is 1. The van der Waals surface area contributed by atoms with Gasteiger partial charge in [-0.1, -0.05) is 0 Å². The summed E-state index contributed by atoms with van der Waals surface area (Å²) >= 11 is 0. The lowest BCUT2D eigenvalue weighted by Crippen LogP contribution is -2.37. The number of hydrogen-bond acceptors (Lipinski definition) is 4. The molecule has 78 valence electrons. The maximum absolute atomic E-state index is 11.3. The summed E-state index contributed by atoms with van der Waals surface area (Å²) in [6.07, 6.45) is 5.72. The molecule has 2 atom stereocenters. The van der Waals surface area contributed by atoms with Crippen LogP contribution >= 0.6 is 0 Å². The van der Waals surface area contributed by atoms with Crippen LogP contribution in [0.5, 0.6) is 0 Å². The van der Waals surface area contributed by atoms with Gasteiger partial charge in [-0.05, 0) is 0 Å². The van der Waals surface area contributed by atoms with Gasteiger partial charge in [-0.3, -0.25) is 9.69 Å². The number of ether oxygens (including phenoxy) is 1. The van der Waals surface area contributed by atoms with Crippen molar-refractivity contribution in [2.75, 3.05) is 20.2 Å². The number of carbonyl (C=O) groups excluding carboxylic acids is 1. The Bertz CT molecular complexity index is 246. The van der Waals surface area contributed by atoms with Crippen molar-refractivity contribution in [2.45, 2.75) is 25.0 Å². The van der Waals surface area contributed by atoms with Crippen molar-refractivity contribution in [3.63, 3.8) is 0 Å². The molecule has 1 aliphatic rings. The summed E-state index contributed by atoms with van der Waals surface area (Å²) in [6, 6.07) is -0.330. The van der Waals surface area contributed by atoms with Gasteiger partial charge in [-0.2, -0.15) is 0 Å². The second-order valence-electron chi connectivity index (χ2n) is 3.38. The van der Waals surface area contributed by atoms with Crippen molar-refractivity contribution >= 4 is 5.97 Å². The molecular formula is C10H15NO3. The third-order valence-corrected chi connectivity index (χ3v) is 2.40. The van der Waals surface area contributed by atoms with Crippen LogP contribution in [0.15, 0.2) is 0 Å². The molecule has 1 heterocycles. The van der Waals surface area contributed by atoms with Gasteiger partial charge in [0.05, 0.1) is 13.2 Å². The number of likely N-dealkylation sites (tertiary alicyclic amines) is 1.